The molecule has 1 amide bonds. The van der Waals surface area contributed by atoms with Gasteiger partial charge in [-0.25, -0.2) is 14.4 Å². The number of benzene rings is 2. The maximum atomic E-state index is 13.4. The Kier molecular flexibility index (Phi) is 4.25. The van der Waals surface area contributed by atoms with Crippen LogP contribution in [0.3, 0.4) is 0 Å². The molecule has 0 atom stereocenters. The Morgan fingerprint density at radius 3 is 2.73 bits per heavy atom. The van der Waals surface area contributed by atoms with Crippen LogP contribution in [-0.4, -0.2) is 25.3 Å². The normalized spacial score (nSPS) is 11.3. The number of amides is 1. The summed E-state index contributed by atoms with van der Waals surface area (Å²) in [4.78, 5) is 24.5. The number of carbonyl (C=O) groups is 1. The summed E-state index contributed by atoms with van der Waals surface area (Å²) in [5.41, 5.74) is 5.06. The molecule has 0 aliphatic carbocycles. The molecule has 8 heteroatoms. The van der Waals surface area contributed by atoms with Crippen molar-refractivity contribution in [1.82, 2.24) is 19.4 Å². The van der Waals surface area contributed by atoms with Crippen molar-refractivity contribution in [2.45, 2.75) is 6.92 Å². The molecule has 30 heavy (non-hydrogen) atoms. The van der Waals surface area contributed by atoms with Crippen molar-refractivity contribution in [1.29, 1.82) is 0 Å². The minimum atomic E-state index is -0.463. The van der Waals surface area contributed by atoms with Crippen LogP contribution < -0.4 is 5.32 Å². The van der Waals surface area contributed by atoms with E-state index >= 15 is 0 Å². The number of H-pyrrole nitrogens is 1. The number of nitrogens with zero attached hydrogens (tertiary/aromatic N) is 3. The van der Waals surface area contributed by atoms with E-state index in [-0.39, 0.29) is 10.9 Å². The molecule has 3 heterocycles. The van der Waals surface area contributed by atoms with Crippen molar-refractivity contribution >= 4 is 40.1 Å². The fourth-order valence-electron chi connectivity index (χ4n) is 3.36. The lowest BCUT2D eigenvalue weighted by molar-refractivity contribution is 0.102. The first-order chi connectivity index (χ1) is 14.5. The van der Waals surface area contributed by atoms with Crippen molar-refractivity contribution in [3.8, 4) is 11.1 Å². The van der Waals surface area contributed by atoms with Crippen LogP contribution >= 0.6 is 11.6 Å². The van der Waals surface area contributed by atoms with Crippen LogP contribution in [0.15, 0.2) is 60.9 Å². The van der Waals surface area contributed by atoms with Crippen LogP contribution in [0.1, 0.15) is 16.1 Å². The smallest absolute Gasteiger partial charge is 0.278 e. The number of imidazole rings is 2. The highest BCUT2D eigenvalue weighted by atomic mass is 35.5. The second-order valence-electron chi connectivity index (χ2n) is 6.95. The quantitative estimate of drug-likeness (QED) is 0.420. The standard InChI is InChI=1S/C22H15ClFN5O/c1-12-3-2-8-29-11-19(25-20(12)29)21(30)28-22-26-17-7-5-14(10-18(17)27-22)13-4-6-16(24)15(23)9-13/h2-11H,1H3,(H2,26,27,28,30). The molecule has 0 spiro atoms. The maximum absolute atomic E-state index is 13.4. The summed E-state index contributed by atoms with van der Waals surface area (Å²) in [6, 6.07) is 14.0. The predicted molar refractivity (Wildman–Crippen MR) is 114 cm³/mol. The molecular formula is C22H15ClFN5O. The van der Waals surface area contributed by atoms with Crippen molar-refractivity contribution in [2.75, 3.05) is 5.32 Å². The van der Waals surface area contributed by atoms with Gasteiger partial charge in [-0.1, -0.05) is 29.8 Å². The predicted octanol–water partition coefficient (Wildman–Crippen LogP) is 5.23. The Hall–Kier alpha value is -3.71. The number of fused-ring (bicyclic) bond motifs is 2. The van der Waals surface area contributed by atoms with E-state index in [0.29, 0.717) is 17.2 Å². The van der Waals surface area contributed by atoms with E-state index in [1.54, 1.807) is 18.3 Å². The molecule has 0 saturated carbocycles. The zero-order valence-corrected chi connectivity index (χ0v) is 16.5. The number of hydrogen-bond acceptors (Lipinski definition) is 3. The second-order valence-corrected chi connectivity index (χ2v) is 7.36. The highest BCUT2D eigenvalue weighted by Gasteiger charge is 2.14. The number of rotatable bonds is 3. The summed E-state index contributed by atoms with van der Waals surface area (Å²) in [5, 5.41) is 2.81. The van der Waals surface area contributed by atoms with Gasteiger partial charge in [0.1, 0.15) is 17.2 Å². The molecule has 0 aliphatic heterocycles. The van der Waals surface area contributed by atoms with Crippen molar-refractivity contribution < 1.29 is 9.18 Å². The highest BCUT2D eigenvalue weighted by molar-refractivity contribution is 6.31. The Balaban J connectivity index is 1.43. The van der Waals surface area contributed by atoms with Crippen LogP contribution in [0.2, 0.25) is 5.02 Å². The molecule has 148 valence electrons. The van der Waals surface area contributed by atoms with E-state index in [2.05, 4.69) is 20.3 Å². The molecule has 5 aromatic rings. The summed E-state index contributed by atoms with van der Waals surface area (Å²) >= 11 is 5.89. The lowest BCUT2D eigenvalue weighted by atomic mass is 10.1. The minimum Gasteiger partial charge on any atom is -0.324 e. The molecule has 0 bridgehead atoms. The molecule has 5 rings (SSSR count). The summed E-state index contributed by atoms with van der Waals surface area (Å²) in [5.74, 6) is -0.504. The number of nitrogens with one attached hydrogen (secondary N) is 2. The van der Waals surface area contributed by atoms with Crippen molar-refractivity contribution in [2.24, 2.45) is 0 Å². The lowest BCUT2D eigenvalue weighted by Gasteiger charge is -2.03. The van der Waals surface area contributed by atoms with Gasteiger partial charge in [0.05, 0.1) is 16.1 Å². The highest BCUT2D eigenvalue weighted by Crippen LogP contribution is 2.27. The Morgan fingerprint density at radius 2 is 1.93 bits per heavy atom. The average Bonchev–Trinajstić information content (AvgIpc) is 3.34. The molecule has 6 nitrogen and oxygen atoms in total. The van der Waals surface area contributed by atoms with E-state index in [1.807, 2.05) is 47.9 Å². The van der Waals surface area contributed by atoms with Gasteiger partial charge >= 0.3 is 0 Å². The van der Waals surface area contributed by atoms with Crippen LogP contribution in [0.5, 0.6) is 0 Å². The average molecular weight is 420 g/mol. The third-order valence-corrected chi connectivity index (χ3v) is 5.17. The van der Waals surface area contributed by atoms with Gasteiger partial charge < -0.3 is 9.38 Å². The lowest BCUT2D eigenvalue weighted by Crippen LogP contribution is -2.13. The third kappa shape index (κ3) is 3.19. The second kappa shape index (κ2) is 6.96. The monoisotopic (exact) mass is 419 g/mol. The molecule has 2 N–H and O–H groups in total. The Labute approximate surface area is 175 Å². The van der Waals surface area contributed by atoms with Gasteiger partial charge in [-0.15, -0.1) is 0 Å². The van der Waals surface area contributed by atoms with Gasteiger partial charge in [-0.05, 0) is 53.9 Å². The van der Waals surface area contributed by atoms with E-state index in [4.69, 9.17) is 11.6 Å². The van der Waals surface area contributed by atoms with Gasteiger partial charge in [-0.3, -0.25) is 10.1 Å². The zero-order chi connectivity index (χ0) is 20.8. The van der Waals surface area contributed by atoms with E-state index < -0.39 is 5.82 Å². The molecule has 0 unspecified atom stereocenters. The number of aromatic nitrogens is 4. The number of halogens is 2. The molecule has 2 aromatic carbocycles. The fraction of sp³-hybridized carbons (Fsp3) is 0.0455. The minimum absolute atomic E-state index is 0.0628. The van der Waals surface area contributed by atoms with Gasteiger partial charge in [0.15, 0.2) is 0 Å². The van der Waals surface area contributed by atoms with E-state index in [1.165, 1.54) is 6.07 Å². The first-order valence-corrected chi connectivity index (χ1v) is 9.56. The molecule has 3 aromatic heterocycles. The van der Waals surface area contributed by atoms with Crippen LogP contribution in [-0.2, 0) is 0 Å². The number of pyridine rings is 1. The Bertz CT molecular complexity index is 1440. The van der Waals surface area contributed by atoms with E-state index in [0.717, 1.165) is 27.9 Å². The Morgan fingerprint density at radius 1 is 1.13 bits per heavy atom. The summed E-state index contributed by atoms with van der Waals surface area (Å²) in [6.45, 7) is 1.94. The number of anilines is 1. The molecule has 0 fully saturated rings. The maximum Gasteiger partial charge on any atom is 0.278 e. The number of carbonyl (C=O) groups excluding carboxylic acids is 1. The number of aryl methyl sites for hydroxylation is 1. The summed E-state index contributed by atoms with van der Waals surface area (Å²) in [7, 11) is 0. The molecule has 0 saturated heterocycles. The largest absolute Gasteiger partial charge is 0.324 e. The SMILES string of the molecule is Cc1cccn2cc(C(=O)Nc3nc4ccc(-c5ccc(F)c(Cl)c5)cc4[nH]3)nc12. The van der Waals surface area contributed by atoms with Gasteiger partial charge in [0.25, 0.3) is 5.91 Å². The van der Waals surface area contributed by atoms with Gasteiger partial charge in [0.2, 0.25) is 5.95 Å². The molecular weight excluding hydrogens is 405 g/mol. The van der Waals surface area contributed by atoms with Crippen LogP contribution in [0.25, 0.3) is 27.8 Å². The van der Waals surface area contributed by atoms with Crippen LogP contribution in [0, 0.1) is 12.7 Å². The van der Waals surface area contributed by atoms with Crippen molar-refractivity contribution in [3.05, 3.63) is 83.0 Å². The zero-order valence-electron chi connectivity index (χ0n) is 15.8. The summed E-state index contributed by atoms with van der Waals surface area (Å²) < 4.78 is 15.2. The van der Waals surface area contributed by atoms with Gasteiger partial charge in [-0.2, -0.15) is 0 Å². The molecule has 0 aliphatic rings. The first-order valence-electron chi connectivity index (χ1n) is 9.19. The number of aromatic amines is 1. The fourth-order valence-corrected chi connectivity index (χ4v) is 3.54. The topological polar surface area (TPSA) is 75.1 Å². The van der Waals surface area contributed by atoms with Crippen molar-refractivity contribution in [3.63, 3.8) is 0 Å². The number of hydrogen-bond donors (Lipinski definition) is 2. The summed E-state index contributed by atoms with van der Waals surface area (Å²) in [6.07, 6.45) is 3.52. The van der Waals surface area contributed by atoms with E-state index in [9.17, 15) is 9.18 Å². The molecule has 0 radical (unpaired) electrons. The first kappa shape index (κ1) is 18.3. The van der Waals surface area contributed by atoms with Crippen LogP contribution in [0.4, 0.5) is 10.3 Å². The third-order valence-electron chi connectivity index (χ3n) is 4.88. The van der Waals surface area contributed by atoms with Gasteiger partial charge in [0, 0.05) is 12.4 Å².